The van der Waals surface area contributed by atoms with E-state index in [1.165, 1.54) is 16.6 Å². The second-order valence-corrected chi connectivity index (χ2v) is 4.62. The van der Waals surface area contributed by atoms with Crippen molar-refractivity contribution in [3.63, 3.8) is 0 Å². The second kappa shape index (κ2) is 3.26. The monoisotopic (exact) mass is 220 g/mol. The molecule has 1 atom stereocenters. The molecule has 0 saturated carbocycles. The van der Waals surface area contributed by atoms with E-state index in [1.54, 1.807) is 0 Å². The van der Waals surface area contributed by atoms with E-state index in [4.69, 9.17) is 11.6 Å². The van der Waals surface area contributed by atoms with E-state index in [1.807, 2.05) is 12.1 Å². The molecule has 0 amide bonds. The third kappa shape index (κ3) is 1.29. The molecular weight excluding hydrogens is 208 g/mol. The van der Waals surface area contributed by atoms with Gasteiger partial charge in [-0.15, -0.1) is 0 Å². The minimum absolute atomic E-state index is 0.539. The van der Waals surface area contributed by atoms with Crippen LogP contribution in [0.15, 0.2) is 18.2 Å². The SMILES string of the molecule is CC1CNCc2c1[nH]c1c(Cl)cccc21. The van der Waals surface area contributed by atoms with E-state index in [9.17, 15) is 0 Å². The number of benzene rings is 1. The van der Waals surface area contributed by atoms with Gasteiger partial charge in [0.25, 0.3) is 0 Å². The van der Waals surface area contributed by atoms with E-state index in [-0.39, 0.29) is 0 Å². The summed E-state index contributed by atoms with van der Waals surface area (Å²) in [6.45, 7) is 4.21. The van der Waals surface area contributed by atoms with Gasteiger partial charge in [-0.2, -0.15) is 0 Å². The molecule has 0 saturated heterocycles. The molecule has 2 heterocycles. The fourth-order valence-electron chi connectivity index (χ4n) is 2.38. The second-order valence-electron chi connectivity index (χ2n) is 4.21. The maximum atomic E-state index is 6.17. The van der Waals surface area contributed by atoms with Crippen LogP contribution in [0.1, 0.15) is 24.1 Å². The van der Waals surface area contributed by atoms with Gasteiger partial charge in [0.15, 0.2) is 0 Å². The van der Waals surface area contributed by atoms with Crippen LogP contribution in [0.25, 0.3) is 10.9 Å². The Bertz CT molecular complexity index is 516. The van der Waals surface area contributed by atoms with Crippen LogP contribution in [0.4, 0.5) is 0 Å². The van der Waals surface area contributed by atoms with Crippen molar-refractivity contribution in [3.8, 4) is 0 Å². The third-order valence-electron chi connectivity index (χ3n) is 3.17. The van der Waals surface area contributed by atoms with Crippen LogP contribution >= 0.6 is 11.6 Å². The molecule has 1 aromatic heterocycles. The van der Waals surface area contributed by atoms with Crippen molar-refractivity contribution >= 4 is 22.5 Å². The van der Waals surface area contributed by atoms with Gasteiger partial charge in [0, 0.05) is 30.1 Å². The molecule has 0 aliphatic carbocycles. The number of nitrogens with one attached hydrogen (secondary N) is 2. The molecule has 1 aliphatic rings. The van der Waals surface area contributed by atoms with Gasteiger partial charge in [-0.1, -0.05) is 30.7 Å². The summed E-state index contributed by atoms with van der Waals surface area (Å²) in [5.74, 6) is 0.539. The van der Waals surface area contributed by atoms with E-state index in [2.05, 4.69) is 23.3 Å². The van der Waals surface area contributed by atoms with Crippen LogP contribution in [-0.2, 0) is 6.54 Å². The molecule has 0 bridgehead atoms. The Morgan fingerprint density at radius 3 is 3.13 bits per heavy atom. The number of H-pyrrole nitrogens is 1. The average Bonchev–Trinajstić information content (AvgIpc) is 2.60. The molecule has 0 fully saturated rings. The number of hydrogen-bond donors (Lipinski definition) is 2. The van der Waals surface area contributed by atoms with Gasteiger partial charge in [0.1, 0.15) is 0 Å². The molecule has 1 aliphatic heterocycles. The van der Waals surface area contributed by atoms with Crippen LogP contribution < -0.4 is 5.32 Å². The lowest BCUT2D eigenvalue weighted by molar-refractivity contribution is 0.565. The van der Waals surface area contributed by atoms with Crippen LogP contribution in [-0.4, -0.2) is 11.5 Å². The quantitative estimate of drug-likeness (QED) is 0.702. The standard InChI is InChI=1S/C12H13ClN2/c1-7-5-14-6-9-8-3-2-4-10(13)12(8)15-11(7)9/h2-4,7,14-15H,5-6H2,1H3. The first-order valence-electron chi connectivity index (χ1n) is 5.27. The average molecular weight is 221 g/mol. The van der Waals surface area contributed by atoms with Crippen LogP contribution in [0.3, 0.4) is 0 Å². The minimum atomic E-state index is 0.539. The summed E-state index contributed by atoms with van der Waals surface area (Å²) < 4.78 is 0. The zero-order valence-electron chi connectivity index (χ0n) is 8.60. The highest BCUT2D eigenvalue weighted by atomic mass is 35.5. The molecule has 78 valence electrons. The predicted molar refractivity (Wildman–Crippen MR) is 63.4 cm³/mol. The molecule has 1 unspecified atom stereocenters. The van der Waals surface area contributed by atoms with Crippen molar-refractivity contribution in [1.29, 1.82) is 0 Å². The van der Waals surface area contributed by atoms with Crippen LogP contribution in [0, 0.1) is 0 Å². The van der Waals surface area contributed by atoms with Crippen molar-refractivity contribution in [2.75, 3.05) is 6.54 Å². The number of hydrogen-bond acceptors (Lipinski definition) is 1. The van der Waals surface area contributed by atoms with Crippen molar-refractivity contribution in [2.45, 2.75) is 19.4 Å². The smallest absolute Gasteiger partial charge is 0.0648 e. The van der Waals surface area contributed by atoms with E-state index in [0.29, 0.717) is 5.92 Å². The fraction of sp³-hybridized carbons (Fsp3) is 0.333. The normalized spacial score (nSPS) is 20.5. The first kappa shape index (κ1) is 9.25. The van der Waals surface area contributed by atoms with Gasteiger partial charge < -0.3 is 10.3 Å². The van der Waals surface area contributed by atoms with E-state index >= 15 is 0 Å². The Hall–Kier alpha value is -0.990. The molecule has 3 rings (SSSR count). The van der Waals surface area contributed by atoms with Gasteiger partial charge in [-0.25, -0.2) is 0 Å². The zero-order chi connectivity index (χ0) is 10.4. The highest BCUT2D eigenvalue weighted by molar-refractivity contribution is 6.35. The van der Waals surface area contributed by atoms with Gasteiger partial charge in [0.2, 0.25) is 0 Å². The zero-order valence-corrected chi connectivity index (χ0v) is 9.36. The summed E-state index contributed by atoms with van der Waals surface area (Å²) >= 11 is 6.17. The summed E-state index contributed by atoms with van der Waals surface area (Å²) in [7, 11) is 0. The highest BCUT2D eigenvalue weighted by Gasteiger charge is 2.21. The lowest BCUT2D eigenvalue weighted by atomic mass is 9.98. The summed E-state index contributed by atoms with van der Waals surface area (Å²) in [6, 6.07) is 6.08. The van der Waals surface area contributed by atoms with Crippen LogP contribution in [0.5, 0.6) is 0 Å². The molecule has 2 nitrogen and oxygen atoms in total. The van der Waals surface area contributed by atoms with Crippen LogP contribution in [0.2, 0.25) is 5.02 Å². The van der Waals surface area contributed by atoms with Gasteiger partial charge in [-0.3, -0.25) is 0 Å². The van der Waals surface area contributed by atoms with E-state index < -0.39 is 0 Å². The molecule has 2 N–H and O–H groups in total. The van der Waals surface area contributed by atoms with Gasteiger partial charge in [-0.05, 0) is 11.6 Å². The molecule has 0 spiro atoms. The fourth-order valence-corrected chi connectivity index (χ4v) is 2.61. The summed E-state index contributed by atoms with van der Waals surface area (Å²) in [5, 5.41) is 5.50. The number of rotatable bonds is 0. The molecule has 1 aromatic carbocycles. The Labute approximate surface area is 93.6 Å². The lowest BCUT2D eigenvalue weighted by Crippen LogP contribution is -2.26. The topological polar surface area (TPSA) is 27.8 Å². The van der Waals surface area contributed by atoms with Crippen molar-refractivity contribution in [1.82, 2.24) is 10.3 Å². The number of halogens is 1. The summed E-state index contributed by atoms with van der Waals surface area (Å²) in [4.78, 5) is 3.46. The number of aromatic amines is 1. The minimum Gasteiger partial charge on any atom is -0.357 e. The van der Waals surface area contributed by atoms with Crippen molar-refractivity contribution in [3.05, 3.63) is 34.5 Å². The van der Waals surface area contributed by atoms with Gasteiger partial charge in [0.05, 0.1) is 10.5 Å². The largest absolute Gasteiger partial charge is 0.357 e. The molecule has 15 heavy (non-hydrogen) atoms. The number of para-hydroxylation sites is 1. The molecule has 2 aromatic rings. The first-order chi connectivity index (χ1) is 7.27. The first-order valence-corrected chi connectivity index (χ1v) is 5.65. The van der Waals surface area contributed by atoms with Crippen molar-refractivity contribution < 1.29 is 0 Å². The Morgan fingerprint density at radius 1 is 1.40 bits per heavy atom. The maximum Gasteiger partial charge on any atom is 0.0648 e. The summed E-state index contributed by atoms with van der Waals surface area (Å²) in [6.07, 6.45) is 0. The van der Waals surface area contributed by atoms with Crippen molar-refractivity contribution in [2.24, 2.45) is 0 Å². The summed E-state index contributed by atoms with van der Waals surface area (Å²) in [5.41, 5.74) is 3.81. The number of aromatic nitrogens is 1. The lowest BCUT2D eigenvalue weighted by Gasteiger charge is -2.19. The third-order valence-corrected chi connectivity index (χ3v) is 3.48. The highest BCUT2D eigenvalue weighted by Crippen LogP contribution is 2.33. The Balaban J connectivity index is 2.35. The van der Waals surface area contributed by atoms with E-state index in [0.717, 1.165) is 23.6 Å². The molecular formula is C12H13ClN2. The van der Waals surface area contributed by atoms with Gasteiger partial charge >= 0.3 is 0 Å². The maximum absolute atomic E-state index is 6.17. The molecule has 3 heteroatoms. The Kier molecular flexibility index (Phi) is 2.01. The number of fused-ring (bicyclic) bond motifs is 3. The Morgan fingerprint density at radius 2 is 2.27 bits per heavy atom. The predicted octanol–water partition coefficient (Wildman–Crippen LogP) is 3.03. The molecule has 0 radical (unpaired) electrons.